The standard InChI is InChI=1S/C15H21N3O5S/c19-14(16-12-3-9-24(21,22)11-12)10-17-4-6-18(7-5-17)15(20)13-2-1-8-23-13/h1-2,8,12H,3-7,9-11H2,(H,16,19). The van der Waals surface area contributed by atoms with Crippen molar-refractivity contribution in [1.82, 2.24) is 15.1 Å². The molecule has 0 aromatic carbocycles. The van der Waals surface area contributed by atoms with Gasteiger partial charge in [0.15, 0.2) is 15.6 Å². The maximum atomic E-state index is 12.2. The molecule has 0 spiro atoms. The number of nitrogens with one attached hydrogen (secondary N) is 1. The Bertz CT molecular complexity index is 693. The Morgan fingerprint density at radius 1 is 1.25 bits per heavy atom. The molecule has 1 N–H and O–H groups in total. The summed E-state index contributed by atoms with van der Waals surface area (Å²) < 4.78 is 27.9. The van der Waals surface area contributed by atoms with E-state index in [2.05, 4.69) is 5.32 Å². The molecule has 1 unspecified atom stereocenters. The fourth-order valence-electron chi connectivity index (χ4n) is 3.05. The molecule has 0 aliphatic carbocycles. The quantitative estimate of drug-likeness (QED) is 0.770. The van der Waals surface area contributed by atoms with Gasteiger partial charge < -0.3 is 14.6 Å². The molecule has 8 nitrogen and oxygen atoms in total. The SMILES string of the molecule is O=C(CN1CCN(C(=O)c2ccco2)CC1)NC1CCS(=O)(=O)C1. The van der Waals surface area contributed by atoms with Gasteiger partial charge in [-0.15, -0.1) is 0 Å². The smallest absolute Gasteiger partial charge is 0.289 e. The van der Waals surface area contributed by atoms with Gasteiger partial charge in [-0.3, -0.25) is 14.5 Å². The molecule has 1 aromatic heterocycles. The molecule has 9 heteroatoms. The highest BCUT2D eigenvalue weighted by Gasteiger charge is 2.30. The highest BCUT2D eigenvalue weighted by molar-refractivity contribution is 7.91. The van der Waals surface area contributed by atoms with Crippen molar-refractivity contribution in [3.05, 3.63) is 24.2 Å². The summed E-state index contributed by atoms with van der Waals surface area (Å²) in [6, 6.07) is 3.04. The van der Waals surface area contributed by atoms with Gasteiger partial charge in [0, 0.05) is 32.2 Å². The molecular formula is C15H21N3O5S. The van der Waals surface area contributed by atoms with E-state index in [1.807, 2.05) is 4.90 Å². The second-order valence-electron chi connectivity index (χ2n) is 6.21. The normalized spacial score (nSPS) is 24.0. The maximum Gasteiger partial charge on any atom is 0.289 e. The van der Waals surface area contributed by atoms with Crippen LogP contribution in [-0.2, 0) is 14.6 Å². The molecule has 1 atom stereocenters. The van der Waals surface area contributed by atoms with Crippen molar-refractivity contribution in [2.75, 3.05) is 44.2 Å². The number of hydrogen-bond donors (Lipinski definition) is 1. The van der Waals surface area contributed by atoms with Crippen LogP contribution < -0.4 is 5.32 Å². The summed E-state index contributed by atoms with van der Waals surface area (Å²) in [5.74, 6) is 0.196. The first kappa shape index (κ1) is 17.0. The van der Waals surface area contributed by atoms with Crippen LogP contribution in [-0.4, -0.2) is 80.3 Å². The number of carbonyl (C=O) groups is 2. The minimum atomic E-state index is -2.99. The highest BCUT2D eigenvalue weighted by atomic mass is 32.2. The summed E-state index contributed by atoms with van der Waals surface area (Å²) in [6.45, 7) is 2.49. The zero-order valence-electron chi connectivity index (χ0n) is 13.3. The largest absolute Gasteiger partial charge is 0.459 e. The van der Waals surface area contributed by atoms with Gasteiger partial charge in [0.1, 0.15) is 0 Å². The van der Waals surface area contributed by atoms with Crippen LogP contribution in [0.3, 0.4) is 0 Å². The van der Waals surface area contributed by atoms with Crippen molar-refractivity contribution >= 4 is 21.7 Å². The number of hydrogen-bond acceptors (Lipinski definition) is 6. The molecule has 0 radical (unpaired) electrons. The first-order valence-electron chi connectivity index (χ1n) is 7.98. The molecule has 2 aliphatic rings. The third kappa shape index (κ3) is 4.15. The molecule has 2 amide bonds. The van der Waals surface area contributed by atoms with Crippen molar-refractivity contribution in [3.63, 3.8) is 0 Å². The zero-order chi connectivity index (χ0) is 17.2. The molecule has 3 heterocycles. The van der Waals surface area contributed by atoms with Crippen molar-refractivity contribution < 1.29 is 22.4 Å². The molecule has 0 bridgehead atoms. The third-order valence-electron chi connectivity index (χ3n) is 4.36. The summed E-state index contributed by atoms with van der Waals surface area (Å²) in [5, 5.41) is 2.78. The van der Waals surface area contributed by atoms with E-state index in [0.717, 1.165) is 0 Å². The number of piperazine rings is 1. The molecule has 0 saturated carbocycles. The van der Waals surface area contributed by atoms with E-state index in [9.17, 15) is 18.0 Å². The summed E-state index contributed by atoms with van der Waals surface area (Å²) >= 11 is 0. The number of sulfone groups is 1. The third-order valence-corrected chi connectivity index (χ3v) is 6.12. The fourth-order valence-corrected chi connectivity index (χ4v) is 4.72. The lowest BCUT2D eigenvalue weighted by atomic mass is 10.2. The lowest BCUT2D eigenvalue weighted by Crippen LogP contribution is -2.52. The van der Waals surface area contributed by atoms with Gasteiger partial charge in [-0.1, -0.05) is 0 Å². The lowest BCUT2D eigenvalue weighted by molar-refractivity contribution is -0.123. The van der Waals surface area contributed by atoms with Gasteiger partial charge in [0.2, 0.25) is 5.91 Å². The molecule has 2 aliphatic heterocycles. The van der Waals surface area contributed by atoms with Crippen molar-refractivity contribution in [2.24, 2.45) is 0 Å². The fraction of sp³-hybridized carbons (Fsp3) is 0.600. The minimum Gasteiger partial charge on any atom is -0.459 e. The first-order chi connectivity index (χ1) is 11.4. The predicted octanol–water partition coefficient (Wildman–Crippen LogP) is -0.659. The number of carbonyl (C=O) groups excluding carboxylic acids is 2. The van der Waals surface area contributed by atoms with Gasteiger partial charge in [0.05, 0.1) is 24.3 Å². The van der Waals surface area contributed by atoms with E-state index in [-0.39, 0.29) is 35.9 Å². The van der Waals surface area contributed by atoms with Crippen molar-refractivity contribution in [3.8, 4) is 0 Å². The average Bonchev–Trinajstić information content (AvgIpc) is 3.17. The first-order valence-corrected chi connectivity index (χ1v) is 9.80. The Morgan fingerprint density at radius 2 is 2.00 bits per heavy atom. The van der Waals surface area contributed by atoms with Crippen molar-refractivity contribution in [1.29, 1.82) is 0 Å². The van der Waals surface area contributed by atoms with Gasteiger partial charge >= 0.3 is 0 Å². The Labute approximate surface area is 140 Å². The van der Waals surface area contributed by atoms with E-state index in [4.69, 9.17) is 4.42 Å². The van der Waals surface area contributed by atoms with Crippen molar-refractivity contribution in [2.45, 2.75) is 12.5 Å². The molecule has 1 aromatic rings. The van der Waals surface area contributed by atoms with Gasteiger partial charge in [0.25, 0.3) is 5.91 Å². The summed E-state index contributed by atoms with van der Waals surface area (Å²) in [7, 11) is -2.99. The minimum absolute atomic E-state index is 0.0319. The Balaban J connectivity index is 1.42. The summed E-state index contributed by atoms with van der Waals surface area (Å²) in [5.41, 5.74) is 0. The van der Waals surface area contributed by atoms with E-state index >= 15 is 0 Å². The lowest BCUT2D eigenvalue weighted by Gasteiger charge is -2.34. The Kier molecular flexibility index (Phi) is 4.91. The number of amides is 2. The molecule has 2 saturated heterocycles. The summed E-state index contributed by atoms with van der Waals surface area (Å²) in [4.78, 5) is 27.9. The maximum absolute atomic E-state index is 12.2. The molecule has 2 fully saturated rings. The number of nitrogens with zero attached hydrogens (tertiary/aromatic N) is 2. The van der Waals surface area contributed by atoms with Crippen LogP contribution in [0.2, 0.25) is 0 Å². The van der Waals surface area contributed by atoms with E-state index < -0.39 is 9.84 Å². The average molecular weight is 355 g/mol. The van der Waals surface area contributed by atoms with E-state index in [1.165, 1.54) is 6.26 Å². The van der Waals surface area contributed by atoms with Crippen LogP contribution in [0.4, 0.5) is 0 Å². The predicted molar refractivity (Wildman–Crippen MR) is 86.3 cm³/mol. The van der Waals surface area contributed by atoms with Crippen LogP contribution >= 0.6 is 0 Å². The van der Waals surface area contributed by atoms with Crippen LogP contribution in [0, 0.1) is 0 Å². The second kappa shape index (κ2) is 6.94. The Morgan fingerprint density at radius 3 is 2.58 bits per heavy atom. The second-order valence-corrected chi connectivity index (χ2v) is 8.44. The monoisotopic (exact) mass is 355 g/mol. The number of rotatable bonds is 4. The van der Waals surface area contributed by atoms with Crippen LogP contribution in [0.15, 0.2) is 22.8 Å². The topological polar surface area (TPSA) is 99.9 Å². The highest BCUT2D eigenvalue weighted by Crippen LogP contribution is 2.12. The van der Waals surface area contributed by atoms with Crippen LogP contribution in [0.5, 0.6) is 0 Å². The Hall–Kier alpha value is -1.87. The van der Waals surface area contributed by atoms with E-state index in [1.54, 1.807) is 17.0 Å². The van der Waals surface area contributed by atoms with E-state index in [0.29, 0.717) is 38.4 Å². The molecule has 24 heavy (non-hydrogen) atoms. The van der Waals surface area contributed by atoms with Gasteiger partial charge in [-0.05, 0) is 18.6 Å². The molecule has 132 valence electrons. The zero-order valence-corrected chi connectivity index (χ0v) is 14.1. The van der Waals surface area contributed by atoms with Gasteiger partial charge in [-0.25, -0.2) is 8.42 Å². The van der Waals surface area contributed by atoms with Gasteiger partial charge in [-0.2, -0.15) is 0 Å². The number of furan rings is 1. The molecular weight excluding hydrogens is 334 g/mol. The van der Waals surface area contributed by atoms with Crippen LogP contribution in [0.25, 0.3) is 0 Å². The molecule has 3 rings (SSSR count). The summed E-state index contributed by atoms with van der Waals surface area (Å²) in [6.07, 6.45) is 1.95. The van der Waals surface area contributed by atoms with Crippen LogP contribution in [0.1, 0.15) is 17.0 Å².